The molecule has 1 aliphatic heterocycles. The van der Waals surface area contributed by atoms with Crippen LogP contribution in [-0.4, -0.2) is 27.3 Å². The molecule has 1 aliphatic rings. The first-order valence-corrected chi connectivity index (χ1v) is 9.07. The number of rotatable bonds is 6. The quantitative estimate of drug-likeness (QED) is 0.877. The van der Waals surface area contributed by atoms with E-state index in [0.29, 0.717) is 13.0 Å². The Morgan fingerprint density at radius 1 is 1.10 bits per heavy atom. The average molecular weight is 296 g/mol. The Kier molecular flexibility index (Phi) is 5.43. The highest BCUT2D eigenvalue weighted by molar-refractivity contribution is 7.89. The summed E-state index contributed by atoms with van der Waals surface area (Å²) in [6.45, 7) is 4.50. The van der Waals surface area contributed by atoms with Gasteiger partial charge in [0, 0.05) is 25.3 Å². The Bertz CT molecular complexity index is 505. The van der Waals surface area contributed by atoms with Crippen LogP contribution in [0.25, 0.3) is 0 Å². The van der Waals surface area contributed by atoms with E-state index in [0.717, 1.165) is 18.7 Å². The first-order chi connectivity index (χ1) is 9.61. The minimum Gasteiger partial charge on any atom is -0.372 e. The number of hydrogen-bond acceptors (Lipinski definition) is 3. The van der Waals surface area contributed by atoms with Crippen molar-refractivity contribution >= 4 is 15.7 Å². The van der Waals surface area contributed by atoms with E-state index in [-0.39, 0.29) is 5.75 Å². The van der Waals surface area contributed by atoms with Crippen molar-refractivity contribution in [1.82, 2.24) is 4.72 Å². The Hall–Kier alpha value is -1.07. The van der Waals surface area contributed by atoms with Crippen molar-refractivity contribution in [2.75, 3.05) is 23.7 Å². The molecule has 1 heterocycles. The second kappa shape index (κ2) is 7.09. The maximum Gasteiger partial charge on any atom is 0.211 e. The summed E-state index contributed by atoms with van der Waals surface area (Å²) in [6, 6.07) is 8.21. The number of benzene rings is 1. The normalized spacial score (nSPS) is 16.4. The third kappa shape index (κ3) is 4.49. The van der Waals surface area contributed by atoms with E-state index in [1.54, 1.807) is 0 Å². The summed E-state index contributed by atoms with van der Waals surface area (Å²) in [5, 5.41) is 0. The zero-order valence-electron chi connectivity index (χ0n) is 12.1. The highest BCUT2D eigenvalue weighted by atomic mass is 32.2. The summed E-state index contributed by atoms with van der Waals surface area (Å²) in [4.78, 5) is 2.40. The number of nitrogens with zero attached hydrogens (tertiary/aromatic N) is 1. The van der Waals surface area contributed by atoms with Gasteiger partial charge in [0.15, 0.2) is 0 Å². The van der Waals surface area contributed by atoms with Gasteiger partial charge in [-0.25, -0.2) is 13.1 Å². The van der Waals surface area contributed by atoms with Crippen LogP contribution in [0.1, 0.15) is 38.2 Å². The Labute approximate surface area is 122 Å². The van der Waals surface area contributed by atoms with Crippen molar-refractivity contribution in [2.24, 2.45) is 0 Å². The molecule has 1 aromatic carbocycles. The SMILES string of the molecule is CCCS(=O)(=O)NCc1ccc(N2CCCCC2)cc1. The lowest BCUT2D eigenvalue weighted by Gasteiger charge is -2.28. The molecule has 0 saturated carbocycles. The molecule has 0 aliphatic carbocycles. The van der Waals surface area contributed by atoms with Crippen molar-refractivity contribution in [1.29, 1.82) is 0 Å². The topological polar surface area (TPSA) is 49.4 Å². The Morgan fingerprint density at radius 2 is 1.75 bits per heavy atom. The molecule has 0 amide bonds. The van der Waals surface area contributed by atoms with Crippen LogP contribution in [0.4, 0.5) is 5.69 Å². The minimum atomic E-state index is -3.12. The molecule has 0 atom stereocenters. The zero-order valence-corrected chi connectivity index (χ0v) is 13.0. The summed E-state index contributed by atoms with van der Waals surface area (Å²) in [6.07, 6.45) is 4.49. The van der Waals surface area contributed by atoms with Crippen LogP contribution in [-0.2, 0) is 16.6 Å². The monoisotopic (exact) mass is 296 g/mol. The van der Waals surface area contributed by atoms with Crippen molar-refractivity contribution in [3.05, 3.63) is 29.8 Å². The molecule has 1 saturated heterocycles. The second-order valence-electron chi connectivity index (χ2n) is 5.35. The van der Waals surface area contributed by atoms with Gasteiger partial charge in [-0.2, -0.15) is 0 Å². The van der Waals surface area contributed by atoms with Gasteiger partial charge in [-0.15, -0.1) is 0 Å². The molecule has 5 heteroatoms. The van der Waals surface area contributed by atoms with Crippen molar-refractivity contribution in [2.45, 2.75) is 39.2 Å². The molecular formula is C15H24N2O2S. The van der Waals surface area contributed by atoms with Crippen LogP contribution < -0.4 is 9.62 Å². The lowest BCUT2D eigenvalue weighted by atomic mass is 10.1. The highest BCUT2D eigenvalue weighted by Gasteiger charge is 2.11. The standard InChI is InChI=1S/C15H24N2O2S/c1-2-12-20(18,19)16-13-14-6-8-15(9-7-14)17-10-4-3-5-11-17/h6-9,16H,2-5,10-13H2,1H3. The number of sulfonamides is 1. The minimum absolute atomic E-state index is 0.193. The van der Waals surface area contributed by atoms with E-state index in [1.807, 2.05) is 19.1 Å². The van der Waals surface area contributed by atoms with E-state index in [4.69, 9.17) is 0 Å². The number of anilines is 1. The van der Waals surface area contributed by atoms with Gasteiger partial charge in [0.1, 0.15) is 0 Å². The van der Waals surface area contributed by atoms with Crippen LogP contribution in [0.5, 0.6) is 0 Å². The lowest BCUT2D eigenvalue weighted by Crippen LogP contribution is -2.29. The molecule has 0 unspecified atom stereocenters. The van der Waals surface area contributed by atoms with E-state index >= 15 is 0 Å². The molecule has 1 fully saturated rings. The highest BCUT2D eigenvalue weighted by Crippen LogP contribution is 2.20. The third-order valence-electron chi connectivity index (χ3n) is 3.63. The van der Waals surface area contributed by atoms with Gasteiger partial charge in [-0.1, -0.05) is 19.1 Å². The second-order valence-corrected chi connectivity index (χ2v) is 7.28. The molecule has 20 heavy (non-hydrogen) atoms. The summed E-state index contributed by atoms with van der Waals surface area (Å²) in [7, 11) is -3.12. The summed E-state index contributed by atoms with van der Waals surface area (Å²) >= 11 is 0. The van der Waals surface area contributed by atoms with Gasteiger partial charge in [0.25, 0.3) is 0 Å². The largest absolute Gasteiger partial charge is 0.372 e. The van der Waals surface area contributed by atoms with Crippen LogP contribution in [0, 0.1) is 0 Å². The Morgan fingerprint density at radius 3 is 2.35 bits per heavy atom. The zero-order chi connectivity index (χ0) is 14.4. The fraction of sp³-hybridized carbons (Fsp3) is 0.600. The average Bonchev–Trinajstić information content (AvgIpc) is 2.47. The van der Waals surface area contributed by atoms with Crippen LogP contribution in [0.15, 0.2) is 24.3 Å². The maximum absolute atomic E-state index is 11.6. The fourth-order valence-corrected chi connectivity index (χ4v) is 3.58. The Balaban J connectivity index is 1.91. The van der Waals surface area contributed by atoms with Crippen molar-refractivity contribution in [3.63, 3.8) is 0 Å². The molecule has 0 radical (unpaired) electrons. The molecule has 0 aromatic heterocycles. The van der Waals surface area contributed by atoms with Gasteiger partial charge in [-0.3, -0.25) is 0 Å². The fourth-order valence-electron chi connectivity index (χ4n) is 2.51. The van der Waals surface area contributed by atoms with Gasteiger partial charge in [-0.05, 0) is 43.4 Å². The van der Waals surface area contributed by atoms with E-state index in [9.17, 15) is 8.42 Å². The smallest absolute Gasteiger partial charge is 0.211 e. The maximum atomic E-state index is 11.6. The number of nitrogens with one attached hydrogen (secondary N) is 1. The summed E-state index contributed by atoms with van der Waals surface area (Å²) < 4.78 is 25.8. The predicted octanol–water partition coefficient (Wildman–Crippen LogP) is 2.51. The molecular weight excluding hydrogens is 272 g/mol. The predicted molar refractivity (Wildman–Crippen MR) is 83.4 cm³/mol. The number of piperidine rings is 1. The molecule has 4 nitrogen and oxygen atoms in total. The lowest BCUT2D eigenvalue weighted by molar-refractivity contribution is 0.577. The third-order valence-corrected chi connectivity index (χ3v) is 5.16. The van der Waals surface area contributed by atoms with Gasteiger partial charge in [0.05, 0.1) is 5.75 Å². The van der Waals surface area contributed by atoms with E-state index < -0.39 is 10.0 Å². The van der Waals surface area contributed by atoms with Crippen LogP contribution in [0.2, 0.25) is 0 Å². The first kappa shape index (κ1) is 15.3. The van der Waals surface area contributed by atoms with Gasteiger partial charge in [0.2, 0.25) is 10.0 Å². The summed E-state index contributed by atoms with van der Waals surface area (Å²) in [5.74, 6) is 0.193. The van der Waals surface area contributed by atoms with Crippen LogP contribution in [0.3, 0.4) is 0 Å². The molecule has 1 aromatic rings. The van der Waals surface area contributed by atoms with Crippen molar-refractivity contribution in [3.8, 4) is 0 Å². The molecule has 0 bridgehead atoms. The summed E-state index contributed by atoms with van der Waals surface area (Å²) in [5.41, 5.74) is 2.25. The molecule has 1 N–H and O–H groups in total. The molecule has 0 spiro atoms. The van der Waals surface area contributed by atoms with Gasteiger partial charge < -0.3 is 4.90 Å². The first-order valence-electron chi connectivity index (χ1n) is 7.42. The van der Waals surface area contributed by atoms with Crippen LogP contribution >= 0.6 is 0 Å². The molecule has 112 valence electrons. The van der Waals surface area contributed by atoms with Gasteiger partial charge >= 0.3 is 0 Å². The number of hydrogen-bond donors (Lipinski definition) is 1. The van der Waals surface area contributed by atoms with E-state index in [1.165, 1.54) is 24.9 Å². The van der Waals surface area contributed by atoms with E-state index in [2.05, 4.69) is 21.8 Å². The van der Waals surface area contributed by atoms with Crippen molar-refractivity contribution < 1.29 is 8.42 Å². The molecule has 2 rings (SSSR count).